The summed E-state index contributed by atoms with van der Waals surface area (Å²) in [5.41, 5.74) is 2.65. The smallest absolute Gasteiger partial charge is 0.328 e. The number of rotatable bonds is 6. The fraction of sp³-hybridized carbons (Fsp3) is 0.278. The lowest BCUT2D eigenvalue weighted by atomic mass is 10.0. The molecule has 0 spiro atoms. The number of benzene rings is 1. The van der Waals surface area contributed by atoms with Crippen LogP contribution in [0.2, 0.25) is 0 Å². The minimum atomic E-state index is -0.739. The van der Waals surface area contributed by atoms with Gasteiger partial charge < -0.3 is 15.0 Å². The van der Waals surface area contributed by atoms with Crippen molar-refractivity contribution in [2.45, 2.75) is 25.8 Å². The number of hydrogen-bond donors (Lipinski definition) is 2. The number of para-hydroxylation sites is 1. The molecule has 130 valence electrons. The van der Waals surface area contributed by atoms with Crippen LogP contribution in [0.3, 0.4) is 0 Å². The minimum absolute atomic E-state index is 0.145. The largest absolute Gasteiger partial charge is 0.467 e. The van der Waals surface area contributed by atoms with Gasteiger partial charge in [-0.25, -0.2) is 9.78 Å². The third kappa shape index (κ3) is 4.06. The summed E-state index contributed by atoms with van der Waals surface area (Å²) in [5.74, 6) is -0.714. The van der Waals surface area contributed by atoms with Crippen LogP contribution in [0.25, 0.3) is 10.9 Å². The fourth-order valence-corrected chi connectivity index (χ4v) is 3.37. The Hall–Kier alpha value is -2.67. The number of ether oxygens (including phenoxy) is 1. The van der Waals surface area contributed by atoms with Crippen molar-refractivity contribution in [2.75, 3.05) is 7.11 Å². The Balaban J connectivity index is 1.73. The highest BCUT2D eigenvalue weighted by molar-refractivity contribution is 7.09. The van der Waals surface area contributed by atoms with Gasteiger partial charge in [0, 0.05) is 28.9 Å². The van der Waals surface area contributed by atoms with Crippen LogP contribution in [0.5, 0.6) is 0 Å². The summed E-state index contributed by atoms with van der Waals surface area (Å²) in [4.78, 5) is 31.8. The Morgan fingerprint density at radius 3 is 2.88 bits per heavy atom. The number of carbonyl (C=O) groups excluding carboxylic acids is 2. The van der Waals surface area contributed by atoms with Crippen LogP contribution < -0.4 is 5.32 Å². The second-order valence-electron chi connectivity index (χ2n) is 5.74. The van der Waals surface area contributed by atoms with Gasteiger partial charge in [-0.2, -0.15) is 0 Å². The molecule has 1 amide bonds. The maximum Gasteiger partial charge on any atom is 0.328 e. The topological polar surface area (TPSA) is 84.1 Å². The molecule has 0 aliphatic carbocycles. The number of aromatic nitrogens is 2. The molecule has 0 fully saturated rings. The van der Waals surface area contributed by atoms with Crippen molar-refractivity contribution in [3.05, 3.63) is 52.1 Å². The highest BCUT2D eigenvalue weighted by atomic mass is 32.1. The average Bonchev–Trinajstić information content (AvgIpc) is 3.20. The van der Waals surface area contributed by atoms with E-state index in [1.807, 2.05) is 42.8 Å². The number of nitrogens with zero attached hydrogens (tertiary/aromatic N) is 1. The summed E-state index contributed by atoms with van der Waals surface area (Å²) >= 11 is 1.49. The van der Waals surface area contributed by atoms with Gasteiger partial charge in [0.25, 0.3) is 0 Å². The molecule has 2 aromatic heterocycles. The summed E-state index contributed by atoms with van der Waals surface area (Å²) in [5, 5.41) is 6.55. The summed E-state index contributed by atoms with van der Waals surface area (Å²) in [7, 11) is 1.32. The van der Waals surface area contributed by atoms with Gasteiger partial charge in [0.05, 0.1) is 24.2 Å². The number of nitrogens with one attached hydrogen (secondary N) is 2. The van der Waals surface area contributed by atoms with E-state index in [1.54, 1.807) is 0 Å². The first-order valence-corrected chi connectivity index (χ1v) is 8.78. The van der Waals surface area contributed by atoms with E-state index in [2.05, 4.69) is 15.3 Å². The molecule has 1 unspecified atom stereocenters. The van der Waals surface area contributed by atoms with E-state index in [1.165, 1.54) is 18.4 Å². The maximum atomic E-state index is 12.3. The summed E-state index contributed by atoms with van der Waals surface area (Å²) in [6.45, 7) is 1.89. The van der Waals surface area contributed by atoms with Gasteiger partial charge >= 0.3 is 5.97 Å². The van der Waals surface area contributed by atoms with Gasteiger partial charge in [-0.05, 0) is 18.6 Å². The van der Waals surface area contributed by atoms with Gasteiger partial charge in [0.15, 0.2) is 0 Å². The first-order chi connectivity index (χ1) is 12.1. The van der Waals surface area contributed by atoms with Crippen LogP contribution in [0.4, 0.5) is 0 Å². The van der Waals surface area contributed by atoms with Crippen LogP contribution in [-0.2, 0) is 27.2 Å². The maximum absolute atomic E-state index is 12.3. The number of carbonyl (C=O) groups is 2. The molecule has 7 heteroatoms. The Kier molecular flexibility index (Phi) is 5.14. The van der Waals surface area contributed by atoms with E-state index in [4.69, 9.17) is 4.74 Å². The van der Waals surface area contributed by atoms with Gasteiger partial charge in [-0.3, -0.25) is 4.79 Å². The number of H-pyrrole nitrogens is 1. The molecule has 0 radical (unpaired) electrons. The zero-order valence-corrected chi connectivity index (χ0v) is 14.9. The van der Waals surface area contributed by atoms with Gasteiger partial charge in [-0.15, -0.1) is 11.3 Å². The van der Waals surface area contributed by atoms with Crippen LogP contribution in [-0.4, -0.2) is 35.0 Å². The number of aryl methyl sites for hydroxylation is 1. The van der Waals surface area contributed by atoms with Crippen LogP contribution in [0.1, 0.15) is 16.3 Å². The molecule has 0 aliphatic rings. The Labute approximate surface area is 149 Å². The fourth-order valence-electron chi connectivity index (χ4n) is 2.76. The zero-order valence-electron chi connectivity index (χ0n) is 14.0. The second kappa shape index (κ2) is 7.48. The van der Waals surface area contributed by atoms with Crippen molar-refractivity contribution in [3.63, 3.8) is 0 Å². The van der Waals surface area contributed by atoms with Gasteiger partial charge in [0.2, 0.25) is 5.91 Å². The molecule has 1 aromatic carbocycles. The lowest BCUT2D eigenvalue weighted by Gasteiger charge is -2.16. The van der Waals surface area contributed by atoms with Crippen molar-refractivity contribution in [3.8, 4) is 0 Å². The van der Waals surface area contributed by atoms with Crippen molar-refractivity contribution in [1.82, 2.24) is 15.3 Å². The van der Waals surface area contributed by atoms with E-state index in [9.17, 15) is 9.59 Å². The molecule has 0 saturated heterocycles. The van der Waals surface area contributed by atoms with E-state index < -0.39 is 12.0 Å². The third-order valence-corrected chi connectivity index (χ3v) is 4.75. The van der Waals surface area contributed by atoms with Crippen LogP contribution in [0, 0.1) is 6.92 Å². The first-order valence-electron chi connectivity index (χ1n) is 7.90. The number of aromatic amines is 1. The summed E-state index contributed by atoms with van der Waals surface area (Å²) in [6, 6.07) is 7.09. The number of thiazole rings is 1. The highest BCUT2D eigenvalue weighted by Crippen LogP contribution is 2.19. The molecule has 0 bridgehead atoms. The average molecular weight is 357 g/mol. The molecule has 1 atom stereocenters. The lowest BCUT2D eigenvalue weighted by molar-refractivity contribution is -0.145. The molecule has 3 aromatic rings. The number of amides is 1. The third-order valence-electron chi connectivity index (χ3n) is 3.93. The quantitative estimate of drug-likeness (QED) is 0.664. The summed E-state index contributed by atoms with van der Waals surface area (Å²) < 4.78 is 4.85. The molecule has 0 saturated carbocycles. The highest BCUT2D eigenvalue weighted by Gasteiger charge is 2.23. The molecule has 0 aliphatic heterocycles. The minimum Gasteiger partial charge on any atom is -0.467 e. The van der Waals surface area contributed by atoms with Crippen molar-refractivity contribution < 1.29 is 14.3 Å². The van der Waals surface area contributed by atoms with E-state index >= 15 is 0 Å². The van der Waals surface area contributed by atoms with Crippen molar-refractivity contribution >= 4 is 34.1 Å². The molecule has 25 heavy (non-hydrogen) atoms. The number of hydrogen-bond acceptors (Lipinski definition) is 5. The molecular weight excluding hydrogens is 338 g/mol. The van der Waals surface area contributed by atoms with E-state index in [0.717, 1.165) is 21.5 Å². The van der Waals surface area contributed by atoms with Crippen LogP contribution in [0.15, 0.2) is 35.8 Å². The molecule has 6 nitrogen and oxygen atoms in total. The van der Waals surface area contributed by atoms with Crippen molar-refractivity contribution in [2.24, 2.45) is 0 Å². The predicted molar refractivity (Wildman–Crippen MR) is 96.5 cm³/mol. The standard InChI is InChI=1S/C18H19N3O3S/c1-11-20-13(10-25-11)8-17(22)21-16(18(23)24-2)7-12-9-19-15-6-4-3-5-14(12)15/h3-6,9-10,16,19H,7-8H2,1-2H3,(H,21,22). The van der Waals surface area contributed by atoms with E-state index in [0.29, 0.717) is 12.1 Å². The zero-order chi connectivity index (χ0) is 17.8. The van der Waals surface area contributed by atoms with Gasteiger partial charge in [0.1, 0.15) is 6.04 Å². The predicted octanol–water partition coefficient (Wildman–Crippen LogP) is 2.38. The SMILES string of the molecule is COC(=O)C(Cc1c[nH]c2ccccc12)NC(=O)Cc1csc(C)n1. The monoisotopic (exact) mass is 357 g/mol. The number of methoxy groups -OCH3 is 1. The Morgan fingerprint density at radius 2 is 2.16 bits per heavy atom. The molecule has 3 rings (SSSR count). The van der Waals surface area contributed by atoms with Gasteiger partial charge in [-0.1, -0.05) is 18.2 Å². The Bertz CT molecular complexity index is 900. The van der Waals surface area contributed by atoms with E-state index in [-0.39, 0.29) is 12.3 Å². The first kappa shape index (κ1) is 17.2. The summed E-state index contributed by atoms with van der Waals surface area (Å²) in [6.07, 6.45) is 2.36. The molecule has 2 N–H and O–H groups in total. The van der Waals surface area contributed by atoms with Crippen molar-refractivity contribution in [1.29, 1.82) is 0 Å². The van der Waals surface area contributed by atoms with Crippen LogP contribution >= 0.6 is 11.3 Å². The second-order valence-corrected chi connectivity index (χ2v) is 6.80. The number of esters is 1. The Morgan fingerprint density at radius 1 is 1.36 bits per heavy atom. The normalized spacial score (nSPS) is 12.1. The molecule has 2 heterocycles. The molecular formula is C18H19N3O3S. The number of fused-ring (bicyclic) bond motifs is 1. The lowest BCUT2D eigenvalue weighted by Crippen LogP contribution is -2.43.